The molecule has 0 saturated carbocycles. The number of carbonyl (C=O) groups excluding carboxylic acids is 1. The molecule has 39 heavy (non-hydrogen) atoms. The Kier molecular flexibility index (Phi) is 6.90. The number of thiazole rings is 1. The number of aromatic hydroxyl groups is 1. The first kappa shape index (κ1) is 25.7. The van der Waals surface area contributed by atoms with Gasteiger partial charge in [-0.25, -0.2) is 14.2 Å². The van der Waals surface area contributed by atoms with E-state index < -0.39 is 39.7 Å². The van der Waals surface area contributed by atoms with E-state index >= 15 is 0 Å². The van der Waals surface area contributed by atoms with Gasteiger partial charge in [-0.3, -0.25) is 19.5 Å². The van der Waals surface area contributed by atoms with Crippen LogP contribution in [0.4, 0.5) is 10.1 Å². The summed E-state index contributed by atoms with van der Waals surface area (Å²) in [6, 6.07) is 17.4. The third-order valence-electron chi connectivity index (χ3n) is 6.09. The zero-order valence-electron chi connectivity index (χ0n) is 20.4. The molecule has 0 saturated heterocycles. The second-order valence-electron chi connectivity index (χ2n) is 8.46. The van der Waals surface area contributed by atoms with Crippen molar-refractivity contribution in [1.29, 1.82) is 0 Å². The summed E-state index contributed by atoms with van der Waals surface area (Å²) in [6.07, 6.45) is 1.34. The fourth-order valence-corrected chi connectivity index (χ4v) is 5.35. The second kappa shape index (κ2) is 10.5. The number of nitro groups is 1. The summed E-state index contributed by atoms with van der Waals surface area (Å²) in [4.78, 5) is 42.6. The Hall–Kier alpha value is -4.90. The topological polar surface area (TPSA) is 124 Å². The summed E-state index contributed by atoms with van der Waals surface area (Å²) in [5.74, 6) is -1.75. The van der Waals surface area contributed by atoms with E-state index in [9.17, 15) is 29.2 Å². The molecule has 0 radical (unpaired) electrons. The summed E-state index contributed by atoms with van der Waals surface area (Å²) in [5.41, 5.74) is 0.488. The molecule has 5 rings (SSSR count). The van der Waals surface area contributed by atoms with Crippen LogP contribution >= 0.6 is 11.3 Å². The van der Waals surface area contributed by atoms with Crippen LogP contribution in [-0.2, 0) is 9.53 Å². The Bertz CT molecular complexity index is 1810. The molecule has 4 aromatic rings. The van der Waals surface area contributed by atoms with Crippen molar-refractivity contribution in [3.05, 3.63) is 131 Å². The van der Waals surface area contributed by atoms with Crippen molar-refractivity contribution in [2.45, 2.75) is 13.0 Å². The molecule has 196 valence electrons. The van der Waals surface area contributed by atoms with Crippen molar-refractivity contribution < 1.29 is 24.0 Å². The van der Waals surface area contributed by atoms with E-state index in [-0.39, 0.29) is 27.1 Å². The van der Waals surface area contributed by atoms with Crippen LogP contribution in [-0.4, -0.2) is 27.2 Å². The Balaban J connectivity index is 1.83. The zero-order valence-corrected chi connectivity index (χ0v) is 21.2. The molecule has 3 aromatic carbocycles. The molecular formula is C28H20FN3O6S. The van der Waals surface area contributed by atoms with Crippen LogP contribution < -0.4 is 14.9 Å². The van der Waals surface area contributed by atoms with Crippen molar-refractivity contribution in [3.63, 3.8) is 0 Å². The van der Waals surface area contributed by atoms with Crippen LogP contribution in [0.25, 0.3) is 11.8 Å². The van der Waals surface area contributed by atoms with E-state index in [1.807, 2.05) is 6.07 Å². The Morgan fingerprint density at radius 1 is 1.15 bits per heavy atom. The van der Waals surface area contributed by atoms with E-state index in [1.54, 1.807) is 31.2 Å². The monoisotopic (exact) mass is 545 g/mol. The maximum Gasteiger partial charge on any atom is 0.338 e. The number of fused-ring (bicyclic) bond motifs is 1. The predicted molar refractivity (Wildman–Crippen MR) is 142 cm³/mol. The number of aromatic nitrogens is 1. The molecule has 1 atom stereocenters. The average molecular weight is 546 g/mol. The van der Waals surface area contributed by atoms with E-state index in [1.165, 1.54) is 47.0 Å². The summed E-state index contributed by atoms with van der Waals surface area (Å²) in [5, 5.41) is 21.7. The van der Waals surface area contributed by atoms with E-state index in [4.69, 9.17) is 4.74 Å². The van der Waals surface area contributed by atoms with E-state index in [0.29, 0.717) is 16.8 Å². The van der Waals surface area contributed by atoms with Crippen molar-refractivity contribution in [2.24, 2.45) is 4.99 Å². The van der Waals surface area contributed by atoms with Gasteiger partial charge in [0.2, 0.25) is 5.75 Å². The van der Waals surface area contributed by atoms with Gasteiger partial charge in [-0.15, -0.1) is 0 Å². The van der Waals surface area contributed by atoms with Gasteiger partial charge in [0.05, 0.1) is 33.4 Å². The highest BCUT2D eigenvalue weighted by Crippen LogP contribution is 2.35. The zero-order chi connectivity index (χ0) is 27.7. The minimum atomic E-state index is -1.00. The molecule has 11 heteroatoms. The molecule has 0 fully saturated rings. The highest BCUT2D eigenvalue weighted by Gasteiger charge is 2.35. The quantitative estimate of drug-likeness (QED) is 0.224. The number of nitro benzene ring substituents is 1. The number of benzene rings is 3. The Labute approximate surface area is 224 Å². The second-order valence-corrected chi connectivity index (χ2v) is 9.46. The number of rotatable bonds is 6. The maximum absolute atomic E-state index is 13.9. The number of halogens is 1. The van der Waals surface area contributed by atoms with Gasteiger partial charge in [-0.1, -0.05) is 65.9 Å². The molecule has 0 unspecified atom stereocenters. The summed E-state index contributed by atoms with van der Waals surface area (Å²) in [7, 11) is 0. The van der Waals surface area contributed by atoms with Crippen molar-refractivity contribution in [2.75, 3.05) is 6.61 Å². The lowest BCUT2D eigenvalue weighted by molar-refractivity contribution is -0.385. The first-order valence-electron chi connectivity index (χ1n) is 11.8. The number of para-hydroxylation sites is 1. The van der Waals surface area contributed by atoms with Gasteiger partial charge in [0.15, 0.2) is 4.80 Å². The van der Waals surface area contributed by atoms with Crippen molar-refractivity contribution in [1.82, 2.24) is 4.57 Å². The highest BCUT2D eigenvalue weighted by molar-refractivity contribution is 7.07. The van der Waals surface area contributed by atoms with Gasteiger partial charge in [-0.2, -0.15) is 0 Å². The maximum atomic E-state index is 13.9. The summed E-state index contributed by atoms with van der Waals surface area (Å²) < 4.78 is 20.7. The number of nitrogens with zero attached hydrogens (tertiary/aromatic N) is 3. The lowest BCUT2D eigenvalue weighted by Gasteiger charge is -2.25. The van der Waals surface area contributed by atoms with Gasteiger partial charge in [-0.05, 0) is 30.7 Å². The summed E-state index contributed by atoms with van der Waals surface area (Å²) >= 11 is 0.994. The van der Waals surface area contributed by atoms with Crippen LogP contribution in [0.15, 0.2) is 88.2 Å². The number of phenolic OH excluding ortho intramolecular Hbond substituents is 1. The van der Waals surface area contributed by atoms with Crippen molar-refractivity contribution in [3.8, 4) is 5.75 Å². The molecule has 2 heterocycles. The van der Waals surface area contributed by atoms with Crippen molar-refractivity contribution >= 4 is 34.8 Å². The molecule has 1 aliphatic rings. The van der Waals surface area contributed by atoms with E-state index in [2.05, 4.69) is 4.99 Å². The molecule has 0 bridgehead atoms. The van der Waals surface area contributed by atoms with Crippen LogP contribution in [0.1, 0.15) is 29.7 Å². The number of carbonyl (C=O) groups is 1. The van der Waals surface area contributed by atoms with Gasteiger partial charge in [0.1, 0.15) is 5.82 Å². The molecule has 0 aliphatic carbocycles. The number of hydrogen-bond donors (Lipinski definition) is 1. The molecule has 1 aromatic heterocycles. The highest BCUT2D eigenvalue weighted by atomic mass is 32.1. The van der Waals surface area contributed by atoms with Gasteiger partial charge >= 0.3 is 11.7 Å². The normalized spacial score (nSPS) is 15.0. The predicted octanol–water partition coefficient (Wildman–Crippen LogP) is 3.69. The van der Waals surface area contributed by atoms with Crippen LogP contribution in [0.3, 0.4) is 0 Å². The minimum Gasteiger partial charge on any atom is -0.502 e. The number of phenols is 1. The molecule has 1 aliphatic heterocycles. The Morgan fingerprint density at radius 2 is 1.87 bits per heavy atom. The van der Waals surface area contributed by atoms with Crippen LogP contribution in [0, 0.1) is 15.9 Å². The fourth-order valence-electron chi connectivity index (χ4n) is 4.35. The lowest BCUT2D eigenvalue weighted by atomic mass is 9.93. The van der Waals surface area contributed by atoms with Gasteiger partial charge in [0, 0.05) is 17.2 Å². The SMILES string of the molecule is CCOC(=O)C1=C(c2ccccc2)N=c2sc(=Cc3cccc([N+](=O)[O-])c3O)c(=O)n2[C@@H]1c1ccc(F)cc1. The lowest BCUT2D eigenvalue weighted by Crippen LogP contribution is -2.40. The standard InChI is InChI=1S/C28H20FN3O6S/c1-2-38-27(35)22-23(16-7-4-3-5-8-16)30-28-31(24(22)17-11-13-19(29)14-12-17)26(34)21(39-28)15-18-9-6-10-20(25(18)33)32(36)37/h3-15,24,33H,2H2,1H3/t24-/m1/s1. The fraction of sp³-hybridized carbons (Fsp3) is 0.107. The third-order valence-corrected chi connectivity index (χ3v) is 7.07. The van der Waals surface area contributed by atoms with E-state index in [0.717, 1.165) is 17.4 Å². The first-order chi connectivity index (χ1) is 18.8. The number of ether oxygens (including phenoxy) is 1. The number of esters is 1. The number of hydrogen-bond acceptors (Lipinski definition) is 8. The molecule has 0 spiro atoms. The summed E-state index contributed by atoms with van der Waals surface area (Å²) in [6.45, 7) is 1.74. The molecule has 9 nitrogen and oxygen atoms in total. The first-order valence-corrected chi connectivity index (χ1v) is 12.6. The molecule has 0 amide bonds. The van der Waals surface area contributed by atoms with Crippen LogP contribution in [0.5, 0.6) is 5.75 Å². The van der Waals surface area contributed by atoms with Gasteiger partial charge < -0.3 is 9.84 Å². The molecule has 1 N–H and O–H groups in total. The largest absolute Gasteiger partial charge is 0.502 e. The van der Waals surface area contributed by atoms with Crippen LogP contribution in [0.2, 0.25) is 0 Å². The van der Waals surface area contributed by atoms with Gasteiger partial charge in [0.25, 0.3) is 5.56 Å². The molecular weight excluding hydrogens is 525 g/mol. The smallest absolute Gasteiger partial charge is 0.338 e. The third kappa shape index (κ3) is 4.75. The Morgan fingerprint density at radius 3 is 2.54 bits per heavy atom. The average Bonchev–Trinajstić information content (AvgIpc) is 3.24. The minimum absolute atomic E-state index is 0.0701.